The fraction of sp³-hybridized carbons (Fsp3) is 0.419. The van der Waals surface area contributed by atoms with Gasteiger partial charge in [-0.05, 0) is 35.4 Å². The highest BCUT2D eigenvalue weighted by Crippen LogP contribution is 2.35. The highest BCUT2D eigenvalue weighted by Gasteiger charge is 2.47. The number of amides is 2. The van der Waals surface area contributed by atoms with E-state index in [1.165, 1.54) is 24.5 Å². The van der Waals surface area contributed by atoms with Crippen LogP contribution in [-0.4, -0.2) is 93.2 Å². The van der Waals surface area contributed by atoms with Crippen LogP contribution in [0.2, 0.25) is 5.15 Å². The number of aromatic hydroxyl groups is 1. The van der Waals surface area contributed by atoms with Crippen LogP contribution in [0.3, 0.4) is 0 Å². The number of hydrogen-bond acceptors (Lipinski definition) is 8. The number of carbonyl (C=O) groups excluding carboxylic acids is 2. The lowest BCUT2D eigenvalue weighted by molar-refractivity contribution is -0.137. The van der Waals surface area contributed by atoms with Gasteiger partial charge in [-0.2, -0.15) is 13.2 Å². The number of alkyl halides is 3. The van der Waals surface area contributed by atoms with Crippen molar-refractivity contribution in [2.75, 3.05) is 50.7 Å². The van der Waals surface area contributed by atoms with Gasteiger partial charge in [0.15, 0.2) is 0 Å². The van der Waals surface area contributed by atoms with Crippen LogP contribution in [0, 0.1) is 0 Å². The quantitative estimate of drug-likeness (QED) is 0.382. The minimum atomic E-state index is -4.36. The number of likely N-dealkylation sites (tertiary alicyclic amines) is 1. The number of piperazine rings is 1. The lowest BCUT2D eigenvalue weighted by Crippen LogP contribution is -2.49. The molecule has 1 N–H and O–H groups in total. The van der Waals surface area contributed by atoms with E-state index in [4.69, 9.17) is 16.3 Å². The average Bonchev–Trinajstić information content (AvgIpc) is 3.31. The molecule has 1 aromatic heterocycles. The smallest absolute Gasteiger partial charge is 0.416 e. The summed E-state index contributed by atoms with van der Waals surface area (Å²) >= 11 is 5.97. The third-order valence-electron chi connectivity index (χ3n) is 8.67. The van der Waals surface area contributed by atoms with Crippen molar-refractivity contribution in [2.24, 2.45) is 0 Å². The predicted molar refractivity (Wildman–Crippen MR) is 159 cm³/mol. The molecule has 6 rings (SSSR count). The number of piperidine rings is 1. The summed E-state index contributed by atoms with van der Waals surface area (Å²) in [5.74, 6) is 0.267. The number of ether oxygens (including phenoxy) is 1. The van der Waals surface area contributed by atoms with Gasteiger partial charge < -0.3 is 19.6 Å². The topological polar surface area (TPSA) is 102 Å². The maximum atomic E-state index is 13.2. The number of nitrogens with zero attached hydrogens (tertiary/aromatic N) is 6. The molecule has 0 atom stereocenters. The third-order valence-corrected chi connectivity index (χ3v) is 8.88. The molecule has 14 heteroatoms. The first-order chi connectivity index (χ1) is 21.5. The second kappa shape index (κ2) is 12.4. The molecule has 3 aromatic rings. The molecule has 2 aromatic carbocycles. The normalized spacial score (nSPS) is 18.8. The van der Waals surface area contributed by atoms with Crippen molar-refractivity contribution >= 4 is 29.4 Å². The number of halogens is 4. The Morgan fingerprint density at radius 1 is 0.933 bits per heavy atom. The largest absolute Gasteiger partial charge is 0.507 e. The molecule has 4 heterocycles. The maximum Gasteiger partial charge on any atom is 0.416 e. The Kier molecular flexibility index (Phi) is 8.49. The van der Waals surface area contributed by atoms with Gasteiger partial charge in [0.05, 0.1) is 17.7 Å². The van der Waals surface area contributed by atoms with Crippen LogP contribution in [-0.2, 0) is 24.0 Å². The van der Waals surface area contributed by atoms with E-state index in [1.807, 2.05) is 4.90 Å². The molecule has 3 aliphatic heterocycles. The number of rotatable bonds is 6. The molecule has 3 fully saturated rings. The van der Waals surface area contributed by atoms with E-state index < -0.39 is 23.4 Å². The molecule has 2 amide bonds. The van der Waals surface area contributed by atoms with E-state index in [9.17, 15) is 27.9 Å². The standard InChI is InChI=1S/C31H32ClF3N6O4/c32-26-16-27(37-20-36-26)39-11-13-40(14-12-39)28(43)24-6-3-22(15-25(24)42)18-41-19-30(45-29(41)44)7-9-38(10-8-30)17-21-1-4-23(5-2-21)31(33,34)35/h1-6,15-16,20,42H,7-14,17-19H2. The zero-order chi connectivity index (χ0) is 31.8. The lowest BCUT2D eigenvalue weighted by Gasteiger charge is -2.37. The van der Waals surface area contributed by atoms with Gasteiger partial charge in [-0.15, -0.1) is 0 Å². The Balaban J connectivity index is 1.00. The second-order valence-corrected chi connectivity index (χ2v) is 12.1. The van der Waals surface area contributed by atoms with Crippen molar-refractivity contribution in [1.82, 2.24) is 24.7 Å². The molecule has 0 bridgehead atoms. The monoisotopic (exact) mass is 644 g/mol. The molecule has 3 saturated heterocycles. The maximum absolute atomic E-state index is 13.2. The van der Waals surface area contributed by atoms with Crippen molar-refractivity contribution in [3.8, 4) is 5.75 Å². The van der Waals surface area contributed by atoms with Crippen molar-refractivity contribution in [3.05, 3.63) is 82.3 Å². The lowest BCUT2D eigenvalue weighted by atomic mass is 9.91. The highest BCUT2D eigenvalue weighted by atomic mass is 35.5. The SMILES string of the molecule is O=C1OC2(CCN(Cc3ccc(C(F)(F)F)cc3)CC2)CN1Cc1ccc(C(=O)N2CCN(c3cc(Cl)ncn3)CC2)c(O)c1. The molecule has 45 heavy (non-hydrogen) atoms. The molecular weight excluding hydrogens is 613 g/mol. The van der Waals surface area contributed by atoms with Gasteiger partial charge in [0.2, 0.25) is 0 Å². The second-order valence-electron chi connectivity index (χ2n) is 11.7. The molecule has 0 unspecified atom stereocenters. The Labute approximate surface area is 263 Å². The summed E-state index contributed by atoms with van der Waals surface area (Å²) in [6, 6.07) is 11.7. The van der Waals surface area contributed by atoms with Crippen molar-refractivity contribution in [2.45, 2.75) is 37.7 Å². The van der Waals surface area contributed by atoms with E-state index in [1.54, 1.807) is 28.0 Å². The van der Waals surface area contributed by atoms with Gasteiger partial charge in [-0.1, -0.05) is 29.8 Å². The first kappa shape index (κ1) is 30.9. The molecule has 238 valence electrons. The average molecular weight is 645 g/mol. The molecule has 0 radical (unpaired) electrons. The molecular formula is C31H32ClF3N6O4. The first-order valence-electron chi connectivity index (χ1n) is 14.7. The zero-order valence-corrected chi connectivity index (χ0v) is 25.1. The highest BCUT2D eigenvalue weighted by molar-refractivity contribution is 6.29. The van der Waals surface area contributed by atoms with Crippen LogP contribution < -0.4 is 4.90 Å². The van der Waals surface area contributed by atoms with Crippen LogP contribution >= 0.6 is 11.6 Å². The van der Waals surface area contributed by atoms with Crippen molar-refractivity contribution in [1.29, 1.82) is 0 Å². The first-order valence-corrected chi connectivity index (χ1v) is 15.1. The number of anilines is 1. The molecule has 0 aliphatic carbocycles. The fourth-order valence-corrected chi connectivity index (χ4v) is 6.28. The van der Waals surface area contributed by atoms with Gasteiger partial charge >= 0.3 is 12.3 Å². The number of hydrogen-bond donors (Lipinski definition) is 1. The number of benzene rings is 2. The van der Waals surface area contributed by atoms with Crippen LogP contribution in [0.15, 0.2) is 54.9 Å². The summed E-state index contributed by atoms with van der Waals surface area (Å²) in [6.07, 6.45) is -2.19. The van der Waals surface area contributed by atoms with E-state index in [0.717, 1.165) is 17.7 Å². The molecule has 3 aliphatic rings. The van der Waals surface area contributed by atoms with Crippen LogP contribution in [0.4, 0.5) is 23.8 Å². The molecule has 1 spiro atoms. The van der Waals surface area contributed by atoms with Crippen LogP contribution in [0.1, 0.15) is 39.9 Å². The number of phenolic OH excluding ortho intramolecular Hbond substituents is 1. The minimum Gasteiger partial charge on any atom is -0.507 e. The molecule has 0 saturated carbocycles. The van der Waals surface area contributed by atoms with Crippen LogP contribution in [0.25, 0.3) is 0 Å². The number of phenols is 1. The van der Waals surface area contributed by atoms with E-state index in [-0.39, 0.29) is 23.8 Å². The predicted octanol–water partition coefficient (Wildman–Crippen LogP) is 4.80. The number of aromatic nitrogens is 2. The third kappa shape index (κ3) is 6.94. The molecule has 10 nitrogen and oxygen atoms in total. The summed E-state index contributed by atoms with van der Waals surface area (Å²) in [5, 5.41) is 11.1. The minimum absolute atomic E-state index is 0.152. The summed E-state index contributed by atoms with van der Waals surface area (Å²) in [6.45, 7) is 4.43. The summed E-state index contributed by atoms with van der Waals surface area (Å²) in [4.78, 5) is 41.6. The Morgan fingerprint density at radius 3 is 2.27 bits per heavy atom. The van der Waals surface area contributed by atoms with Gasteiger partial charge in [-0.25, -0.2) is 14.8 Å². The Morgan fingerprint density at radius 2 is 1.62 bits per heavy atom. The van der Waals surface area contributed by atoms with Crippen molar-refractivity contribution in [3.63, 3.8) is 0 Å². The summed E-state index contributed by atoms with van der Waals surface area (Å²) in [7, 11) is 0. The van der Waals surface area contributed by atoms with E-state index in [2.05, 4.69) is 14.9 Å². The summed E-state index contributed by atoms with van der Waals surface area (Å²) < 4.78 is 44.4. The van der Waals surface area contributed by atoms with E-state index >= 15 is 0 Å². The van der Waals surface area contributed by atoms with Gasteiger partial charge in [-0.3, -0.25) is 14.6 Å². The van der Waals surface area contributed by atoms with Gasteiger partial charge in [0.1, 0.15) is 28.6 Å². The summed E-state index contributed by atoms with van der Waals surface area (Å²) in [5.41, 5.74) is 0.351. The van der Waals surface area contributed by atoms with Crippen LogP contribution in [0.5, 0.6) is 5.75 Å². The van der Waals surface area contributed by atoms with E-state index in [0.29, 0.717) is 81.7 Å². The number of carbonyl (C=O) groups is 2. The Hall–Kier alpha value is -4.10. The van der Waals surface area contributed by atoms with Gasteiger partial charge in [0, 0.05) is 71.3 Å². The van der Waals surface area contributed by atoms with Gasteiger partial charge in [0.25, 0.3) is 5.91 Å². The zero-order valence-electron chi connectivity index (χ0n) is 24.3. The van der Waals surface area contributed by atoms with Crippen molar-refractivity contribution < 1.29 is 32.6 Å². The Bertz CT molecular complexity index is 1560. The fourth-order valence-electron chi connectivity index (χ4n) is 6.13.